The van der Waals surface area contributed by atoms with Gasteiger partial charge in [-0.25, -0.2) is 13.2 Å². The normalized spacial score (nSPS) is 17.4. The Labute approximate surface area is 160 Å². The van der Waals surface area contributed by atoms with Crippen LogP contribution in [0.3, 0.4) is 0 Å². The molecule has 1 saturated heterocycles. The van der Waals surface area contributed by atoms with Crippen LogP contribution in [-0.2, 0) is 19.6 Å². The molecule has 1 heterocycles. The number of para-hydroxylation sites is 1. The molecule has 0 aromatic heterocycles. The average molecular weight is 397 g/mol. The van der Waals surface area contributed by atoms with E-state index in [1.807, 2.05) is 0 Å². The lowest BCUT2D eigenvalue weighted by Gasteiger charge is -2.28. The number of rotatable bonds is 6. The first-order valence-electron chi connectivity index (χ1n) is 8.90. The van der Waals surface area contributed by atoms with Crippen LogP contribution in [-0.4, -0.2) is 55.8 Å². The van der Waals surface area contributed by atoms with Gasteiger partial charge in [0.1, 0.15) is 11.6 Å². The second kappa shape index (κ2) is 8.60. The highest BCUT2D eigenvalue weighted by Gasteiger charge is 2.36. The number of nitrogens with one attached hydrogen (secondary N) is 2. The van der Waals surface area contributed by atoms with Crippen molar-refractivity contribution in [2.45, 2.75) is 45.3 Å². The number of carbonyl (C=O) groups is 2. The molecule has 2 N–H and O–H groups in total. The number of benzene rings is 1. The van der Waals surface area contributed by atoms with E-state index in [1.54, 1.807) is 51.1 Å². The highest BCUT2D eigenvalue weighted by Crippen LogP contribution is 2.21. The number of ether oxygens (including phenoxy) is 1. The maximum Gasteiger partial charge on any atom is 0.410 e. The fraction of sp³-hybridized carbons (Fsp3) is 0.556. The highest BCUT2D eigenvalue weighted by atomic mass is 32.2. The van der Waals surface area contributed by atoms with Crippen LogP contribution in [0, 0.1) is 0 Å². The second-order valence-corrected chi connectivity index (χ2v) is 9.25. The Morgan fingerprint density at radius 1 is 1.22 bits per heavy atom. The third kappa shape index (κ3) is 6.74. The van der Waals surface area contributed by atoms with E-state index in [4.69, 9.17) is 4.74 Å². The highest BCUT2D eigenvalue weighted by molar-refractivity contribution is 7.92. The predicted octanol–water partition coefficient (Wildman–Crippen LogP) is 1.94. The number of anilines is 1. The Morgan fingerprint density at radius 3 is 2.52 bits per heavy atom. The first kappa shape index (κ1) is 21.0. The van der Waals surface area contributed by atoms with Gasteiger partial charge in [-0.2, -0.15) is 0 Å². The van der Waals surface area contributed by atoms with Gasteiger partial charge in [-0.1, -0.05) is 18.2 Å². The summed E-state index contributed by atoms with van der Waals surface area (Å²) in [6, 6.07) is 7.90. The first-order chi connectivity index (χ1) is 12.6. The topological polar surface area (TPSA) is 105 Å². The summed E-state index contributed by atoms with van der Waals surface area (Å²) in [5, 5.41) is 2.61. The fourth-order valence-electron chi connectivity index (χ4n) is 2.74. The lowest BCUT2D eigenvalue weighted by Crippen LogP contribution is -2.48. The monoisotopic (exact) mass is 397 g/mol. The maximum absolute atomic E-state index is 12.4. The van der Waals surface area contributed by atoms with Crippen LogP contribution in [0.4, 0.5) is 10.5 Å². The van der Waals surface area contributed by atoms with Gasteiger partial charge in [-0.15, -0.1) is 0 Å². The Morgan fingerprint density at radius 2 is 1.89 bits per heavy atom. The Bertz CT molecular complexity index is 759. The number of hydrogen-bond donors (Lipinski definition) is 2. The van der Waals surface area contributed by atoms with Gasteiger partial charge in [0.05, 0.1) is 5.75 Å². The number of carbonyl (C=O) groups excluding carboxylic acids is 2. The van der Waals surface area contributed by atoms with Crippen molar-refractivity contribution in [1.29, 1.82) is 0 Å². The van der Waals surface area contributed by atoms with Gasteiger partial charge < -0.3 is 10.1 Å². The van der Waals surface area contributed by atoms with E-state index in [0.29, 0.717) is 25.1 Å². The molecule has 1 unspecified atom stereocenters. The van der Waals surface area contributed by atoms with E-state index >= 15 is 0 Å². The summed E-state index contributed by atoms with van der Waals surface area (Å²) in [7, 11) is -3.58. The molecular formula is C18H27N3O5S. The molecular weight excluding hydrogens is 370 g/mol. The zero-order valence-electron chi connectivity index (χ0n) is 15.9. The van der Waals surface area contributed by atoms with Gasteiger partial charge in [0.2, 0.25) is 15.9 Å². The minimum atomic E-state index is -3.58. The van der Waals surface area contributed by atoms with Gasteiger partial charge in [0.15, 0.2) is 0 Å². The van der Waals surface area contributed by atoms with Gasteiger partial charge >= 0.3 is 6.09 Å². The summed E-state index contributed by atoms with van der Waals surface area (Å²) in [6.45, 7) is 5.70. The van der Waals surface area contributed by atoms with Crippen molar-refractivity contribution in [2.75, 3.05) is 23.6 Å². The molecule has 0 saturated carbocycles. The Balaban J connectivity index is 1.84. The van der Waals surface area contributed by atoms with E-state index in [2.05, 4.69) is 10.0 Å². The lowest BCUT2D eigenvalue weighted by molar-refractivity contribution is -0.125. The van der Waals surface area contributed by atoms with Crippen molar-refractivity contribution in [3.63, 3.8) is 0 Å². The predicted molar refractivity (Wildman–Crippen MR) is 103 cm³/mol. The van der Waals surface area contributed by atoms with Crippen LogP contribution < -0.4 is 10.0 Å². The molecule has 0 aliphatic carbocycles. The summed E-state index contributed by atoms with van der Waals surface area (Å²) in [5.41, 5.74) is -0.173. The summed E-state index contributed by atoms with van der Waals surface area (Å²) in [6.07, 6.45) is 0.698. The van der Waals surface area contributed by atoms with Crippen LogP contribution >= 0.6 is 0 Å². The molecule has 1 aliphatic rings. The largest absolute Gasteiger partial charge is 0.444 e. The fourth-order valence-corrected chi connectivity index (χ4v) is 3.71. The van der Waals surface area contributed by atoms with E-state index < -0.39 is 27.8 Å². The molecule has 1 aromatic rings. The third-order valence-corrected chi connectivity index (χ3v) is 5.19. The quantitative estimate of drug-likeness (QED) is 0.763. The third-order valence-electron chi connectivity index (χ3n) is 3.90. The van der Waals surface area contributed by atoms with Gasteiger partial charge in [0.25, 0.3) is 0 Å². The molecule has 150 valence electrons. The summed E-state index contributed by atoms with van der Waals surface area (Å²) in [4.78, 5) is 26.0. The van der Waals surface area contributed by atoms with E-state index in [0.717, 1.165) is 0 Å². The van der Waals surface area contributed by atoms with Crippen molar-refractivity contribution in [2.24, 2.45) is 0 Å². The van der Waals surface area contributed by atoms with Crippen molar-refractivity contribution >= 4 is 27.7 Å². The van der Waals surface area contributed by atoms with Crippen molar-refractivity contribution in [1.82, 2.24) is 10.2 Å². The zero-order chi connectivity index (χ0) is 20.1. The molecule has 0 radical (unpaired) electrons. The Kier molecular flexibility index (Phi) is 6.69. The van der Waals surface area contributed by atoms with Crippen LogP contribution in [0.25, 0.3) is 0 Å². The minimum Gasteiger partial charge on any atom is -0.444 e. The second-order valence-electron chi connectivity index (χ2n) is 7.41. The number of amides is 2. The van der Waals surface area contributed by atoms with E-state index in [-0.39, 0.29) is 18.2 Å². The smallest absolute Gasteiger partial charge is 0.410 e. The van der Waals surface area contributed by atoms with E-state index in [9.17, 15) is 18.0 Å². The standard InChI is InChI=1S/C18H27N3O5S/c1-18(2,3)26-17(23)21-12-7-10-15(21)16(22)19-11-13-27(24,25)20-14-8-5-4-6-9-14/h4-6,8-9,15,20H,7,10-13H2,1-3H3,(H,19,22). The molecule has 27 heavy (non-hydrogen) atoms. The van der Waals surface area contributed by atoms with Crippen LogP contribution in [0.5, 0.6) is 0 Å². The number of hydrogen-bond acceptors (Lipinski definition) is 5. The van der Waals surface area contributed by atoms with Crippen LogP contribution in [0.1, 0.15) is 33.6 Å². The molecule has 1 aliphatic heterocycles. The summed E-state index contributed by atoms with van der Waals surface area (Å²) >= 11 is 0. The molecule has 2 rings (SSSR count). The maximum atomic E-state index is 12.4. The minimum absolute atomic E-state index is 0.0420. The number of nitrogens with zero attached hydrogens (tertiary/aromatic N) is 1. The first-order valence-corrected chi connectivity index (χ1v) is 10.6. The molecule has 0 bridgehead atoms. The zero-order valence-corrected chi connectivity index (χ0v) is 16.7. The number of likely N-dealkylation sites (tertiary alicyclic amines) is 1. The molecule has 1 fully saturated rings. The lowest BCUT2D eigenvalue weighted by atomic mass is 10.2. The summed E-state index contributed by atoms with van der Waals surface area (Å²) in [5.74, 6) is -0.624. The molecule has 1 atom stereocenters. The molecule has 8 nitrogen and oxygen atoms in total. The summed E-state index contributed by atoms with van der Waals surface area (Å²) < 4.78 is 31.9. The van der Waals surface area contributed by atoms with Crippen molar-refractivity contribution < 1.29 is 22.7 Å². The average Bonchev–Trinajstić information content (AvgIpc) is 3.03. The Hall–Kier alpha value is -2.29. The van der Waals surface area contributed by atoms with Gasteiger partial charge in [-0.3, -0.25) is 14.4 Å². The van der Waals surface area contributed by atoms with Gasteiger partial charge in [-0.05, 0) is 45.7 Å². The SMILES string of the molecule is CC(C)(C)OC(=O)N1CCCC1C(=O)NCCS(=O)(=O)Nc1ccccc1. The number of sulfonamides is 1. The van der Waals surface area contributed by atoms with Crippen molar-refractivity contribution in [3.05, 3.63) is 30.3 Å². The van der Waals surface area contributed by atoms with E-state index in [1.165, 1.54) is 4.90 Å². The molecule has 1 aromatic carbocycles. The van der Waals surface area contributed by atoms with Crippen molar-refractivity contribution in [3.8, 4) is 0 Å². The molecule has 0 spiro atoms. The van der Waals surface area contributed by atoms with Crippen LogP contribution in [0.2, 0.25) is 0 Å². The van der Waals surface area contributed by atoms with Gasteiger partial charge in [0, 0.05) is 18.8 Å². The van der Waals surface area contributed by atoms with Crippen LogP contribution in [0.15, 0.2) is 30.3 Å². The molecule has 9 heteroatoms. The molecule has 2 amide bonds.